The van der Waals surface area contributed by atoms with Gasteiger partial charge in [0.05, 0.1) is 18.4 Å². The number of urea groups is 1. The number of halogens is 3. The van der Waals surface area contributed by atoms with Crippen LogP contribution in [-0.4, -0.2) is 24.5 Å². The number of benzene rings is 1. The van der Waals surface area contributed by atoms with E-state index in [9.17, 15) is 27.6 Å². The van der Waals surface area contributed by atoms with Gasteiger partial charge in [0.1, 0.15) is 5.76 Å². The number of alkyl halides is 3. The summed E-state index contributed by atoms with van der Waals surface area (Å²) in [5.74, 6) is -1.35. The molecule has 0 aliphatic heterocycles. The maximum atomic E-state index is 12.6. The fourth-order valence-electron chi connectivity index (χ4n) is 1.96. The van der Waals surface area contributed by atoms with E-state index in [0.29, 0.717) is 5.76 Å². The van der Waals surface area contributed by atoms with Crippen LogP contribution in [0.3, 0.4) is 0 Å². The van der Waals surface area contributed by atoms with Crippen molar-refractivity contribution >= 4 is 24.0 Å². The van der Waals surface area contributed by atoms with Crippen molar-refractivity contribution in [1.82, 2.24) is 10.6 Å². The highest BCUT2D eigenvalue weighted by Gasteiger charge is 2.30. The first-order valence-electron chi connectivity index (χ1n) is 7.86. The minimum Gasteiger partial charge on any atom is -0.467 e. The molecule has 1 heterocycles. The summed E-state index contributed by atoms with van der Waals surface area (Å²) in [6, 6.07) is 6.78. The monoisotopic (exact) mass is 396 g/mol. The summed E-state index contributed by atoms with van der Waals surface area (Å²) < 4.78 is 47.5. The predicted molar refractivity (Wildman–Crippen MR) is 90.5 cm³/mol. The van der Waals surface area contributed by atoms with Crippen molar-refractivity contribution in [3.05, 3.63) is 65.6 Å². The summed E-state index contributed by atoms with van der Waals surface area (Å²) in [6.07, 6.45) is -1.09. The Morgan fingerprint density at radius 2 is 1.93 bits per heavy atom. The van der Waals surface area contributed by atoms with Gasteiger partial charge in [0.15, 0.2) is 6.61 Å². The topological polar surface area (TPSA) is 97.6 Å². The number of hydrogen-bond donors (Lipinski definition) is 2. The van der Waals surface area contributed by atoms with E-state index < -0.39 is 36.3 Å². The average molecular weight is 396 g/mol. The second-order valence-corrected chi connectivity index (χ2v) is 5.37. The number of esters is 1. The molecule has 0 fully saturated rings. The van der Waals surface area contributed by atoms with Crippen molar-refractivity contribution in [3.63, 3.8) is 0 Å². The van der Waals surface area contributed by atoms with E-state index in [1.807, 2.05) is 5.32 Å². The van der Waals surface area contributed by atoms with Gasteiger partial charge < -0.3 is 14.5 Å². The molecule has 0 radical (unpaired) electrons. The van der Waals surface area contributed by atoms with Crippen LogP contribution in [-0.2, 0) is 27.0 Å². The number of hydrogen-bond acceptors (Lipinski definition) is 5. The van der Waals surface area contributed by atoms with Crippen LogP contribution >= 0.6 is 0 Å². The van der Waals surface area contributed by atoms with E-state index in [0.717, 1.165) is 24.3 Å². The third kappa shape index (κ3) is 6.98. The molecule has 0 aliphatic rings. The van der Waals surface area contributed by atoms with Crippen LogP contribution in [0.5, 0.6) is 0 Å². The summed E-state index contributed by atoms with van der Waals surface area (Å²) in [6.45, 7) is -0.675. The van der Waals surface area contributed by atoms with Crippen molar-refractivity contribution in [2.24, 2.45) is 0 Å². The Labute approximate surface area is 157 Å². The van der Waals surface area contributed by atoms with Crippen LogP contribution < -0.4 is 10.6 Å². The zero-order chi connectivity index (χ0) is 20.6. The molecule has 1 aromatic heterocycles. The zero-order valence-electron chi connectivity index (χ0n) is 14.3. The van der Waals surface area contributed by atoms with Crippen LogP contribution in [0.2, 0.25) is 0 Å². The molecule has 2 aromatic rings. The predicted octanol–water partition coefficient (Wildman–Crippen LogP) is 2.88. The third-order valence-corrected chi connectivity index (χ3v) is 3.23. The van der Waals surface area contributed by atoms with Crippen LogP contribution in [0, 0.1) is 0 Å². The smallest absolute Gasteiger partial charge is 0.416 e. The molecule has 0 aliphatic carbocycles. The molecule has 0 bridgehead atoms. The fourth-order valence-corrected chi connectivity index (χ4v) is 1.96. The van der Waals surface area contributed by atoms with Crippen LogP contribution in [0.1, 0.15) is 16.9 Å². The standard InChI is InChI=1S/C18H15F3N2O5/c19-18(20,21)13-4-1-3-12(9-13)6-7-16(25)28-11-15(24)23-17(26)22-10-14-5-2-8-27-14/h1-9H,10-11H2,(H2,22,23,24,26)/b7-6+. The average Bonchev–Trinajstić information content (AvgIpc) is 3.16. The number of furan rings is 1. The van der Waals surface area contributed by atoms with Crippen molar-refractivity contribution in [3.8, 4) is 0 Å². The Morgan fingerprint density at radius 3 is 2.61 bits per heavy atom. The lowest BCUT2D eigenvalue weighted by molar-refractivity contribution is -0.143. The van der Waals surface area contributed by atoms with Gasteiger partial charge in [-0.1, -0.05) is 12.1 Å². The molecule has 28 heavy (non-hydrogen) atoms. The van der Waals surface area contributed by atoms with Crippen molar-refractivity contribution < 1.29 is 36.7 Å². The highest BCUT2D eigenvalue weighted by atomic mass is 19.4. The molecule has 0 saturated carbocycles. The van der Waals surface area contributed by atoms with Gasteiger partial charge in [0.2, 0.25) is 0 Å². The zero-order valence-corrected chi connectivity index (χ0v) is 14.3. The number of ether oxygens (including phenoxy) is 1. The number of nitrogens with one attached hydrogen (secondary N) is 2. The first kappa shape index (κ1) is 20.7. The maximum Gasteiger partial charge on any atom is 0.416 e. The molecule has 7 nitrogen and oxygen atoms in total. The third-order valence-electron chi connectivity index (χ3n) is 3.23. The van der Waals surface area contributed by atoms with E-state index >= 15 is 0 Å². The summed E-state index contributed by atoms with van der Waals surface area (Å²) in [5, 5.41) is 4.30. The lowest BCUT2D eigenvalue weighted by Crippen LogP contribution is -2.41. The Hall–Kier alpha value is -3.56. The molecule has 10 heteroatoms. The number of amides is 3. The summed E-state index contributed by atoms with van der Waals surface area (Å²) >= 11 is 0. The molecular formula is C18H15F3N2O5. The Kier molecular flexibility index (Phi) is 6.96. The lowest BCUT2D eigenvalue weighted by Gasteiger charge is -2.07. The molecule has 3 amide bonds. The first-order chi connectivity index (χ1) is 13.2. The normalized spacial score (nSPS) is 11.2. The molecular weight excluding hydrogens is 381 g/mol. The highest BCUT2D eigenvalue weighted by Crippen LogP contribution is 2.29. The molecule has 148 valence electrons. The summed E-state index contributed by atoms with van der Waals surface area (Å²) in [5.41, 5.74) is -0.725. The fraction of sp³-hybridized carbons (Fsp3) is 0.167. The number of imide groups is 1. The molecule has 0 unspecified atom stereocenters. The largest absolute Gasteiger partial charge is 0.467 e. The molecule has 2 N–H and O–H groups in total. The van der Waals surface area contributed by atoms with Gasteiger partial charge in [-0.05, 0) is 35.9 Å². The summed E-state index contributed by atoms with van der Waals surface area (Å²) in [7, 11) is 0. The molecule has 1 aromatic carbocycles. The van der Waals surface area contributed by atoms with Crippen molar-refractivity contribution in [2.45, 2.75) is 12.7 Å². The van der Waals surface area contributed by atoms with E-state index in [1.165, 1.54) is 18.4 Å². The second-order valence-electron chi connectivity index (χ2n) is 5.37. The molecule has 0 atom stereocenters. The first-order valence-corrected chi connectivity index (χ1v) is 7.86. The Balaban J connectivity index is 1.74. The van der Waals surface area contributed by atoms with E-state index in [4.69, 9.17) is 4.42 Å². The van der Waals surface area contributed by atoms with Crippen LogP contribution in [0.4, 0.5) is 18.0 Å². The molecule has 0 saturated heterocycles. The number of rotatable bonds is 6. The Bertz CT molecular complexity index is 860. The van der Waals surface area contributed by atoms with Gasteiger partial charge in [-0.2, -0.15) is 13.2 Å². The molecule has 2 rings (SSSR count). The van der Waals surface area contributed by atoms with E-state index in [1.54, 1.807) is 12.1 Å². The van der Waals surface area contributed by atoms with Gasteiger partial charge in [-0.3, -0.25) is 10.1 Å². The van der Waals surface area contributed by atoms with E-state index in [-0.39, 0.29) is 12.1 Å². The van der Waals surface area contributed by atoms with Crippen LogP contribution in [0.25, 0.3) is 6.08 Å². The van der Waals surface area contributed by atoms with Gasteiger partial charge in [0.25, 0.3) is 5.91 Å². The Morgan fingerprint density at radius 1 is 1.14 bits per heavy atom. The van der Waals surface area contributed by atoms with Crippen molar-refractivity contribution in [1.29, 1.82) is 0 Å². The van der Waals surface area contributed by atoms with Gasteiger partial charge >= 0.3 is 18.2 Å². The minimum atomic E-state index is -4.50. The highest BCUT2D eigenvalue weighted by molar-refractivity contribution is 5.96. The maximum absolute atomic E-state index is 12.6. The lowest BCUT2D eigenvalue weighted by atomic mass is 10.1. The SMILES string of the molecule is O=C(COC(=O)/C=C/c1cccc(C(F)(F)F)c1)NC(=O)NCc1ccco1. The second kappa shape index (κ2) is 9.40. The number of carbonyl (C=O) groups is 3. The summed E-state index contributed by atoms with van der Waals surface area (Å²) in [4.78, 5) is 34.6. The van der Waals surface area contributed by atoms with Crippen molar-refractivity contribution in [2.75, 3.05) is 6.61 Å². The minimum absolute atomic E-state index is 0.0611. The number of carbonyl (C=O) groups excluding carboxylic acids is 3. The molecule has 0 spiro atoms. The van der Waals surface area contributed by atoms with Gasteiger partial charge in [-0.25, -0.2) is 9.59 Å². The quantitative estimate of drug-likeness (QED) is 0.578. The van der Waals surface area contributed by atoms with Crippen LogP contribution in [0.15, 0.2) is 53.2 Å². The van der Waals surface area contributed by atoms with Gasteiger partial charge in [0, 0.05) is 6.08 Å². The van der Waals surface area contributed by atoms with E-state index in [2.05, 4.69) is 10.1 Å². The van der Waals surface area contributed by atoms with Gasteiger partial charge in [-0.15, -0.1) is 0 Å².